The zero-order chi connectivity index (χ0) is 12.7. The minimum absolute atomic E-state index is 0.204. The molecule has 4 N–H and O–H groups in total. The number of amides is 2. The fourth-order valence-electron chi connectivity index (χ4n) is 1.25. The third kappa shape index (κ3) is 5.77. The van der Waals surface area contributed by atoms with Gasteiger partial charge in [-0.1, -0.05) is 12.1 Å². The van der Waals surface area contributed by atoms with Crippen LogP contribution < -0.4 is 10.6 Å². The van der Waals surface area contributed by atoms with Crippen LogP contribution in [0.5, 0.6) is 5.75 Å². The molecule has 0 saturated carbocycles. The van der Waals surface area contributed by atoms with Gasteiger partial charge < -0.3 is 20.8 Å². The van der Waals surface area contributed by atoms with Gasteiger partial charge in [0.1, 0.15) is 5.75 Å². The Bertz CT molecular complexity index is 349. The van der Waals surface area contributed by atoms with Crippen molar-refractivity contribution in [3.8, 4) is 5.75 Å². The van der Waals surface area contributed by atoms with Crippen LogP contribution in [0.2, 0.25) is 0 Å². The average molecular weight is 238 g/mol. The molecule has 0 saturated heterocycles. The minimum atomic E-state index is -0.410. The molecule has 1 rings (SSSR count). The quantitative estimate of drug-likeness (QED) is 0.616. The number of carbonyl (C=O) groups excluding carboxylic acids is 1. The van der Waals surface area contributed by atoms with Crippen LogP contribution in [0.1, 0.15) is 18.9 Å². The van der Waals surface area contributed by atoms with E-state index in [1.165, 1.54) is 0 Å². The molecular weight excluding hydrogens is 220 g/mol. The number of phenols is 1. The van der Waals surface area contributed by atoms with Crippen molar-refractivity contribution >= 4 is 6.03 Å². The van der Waals surface area contributed by atoms with E-state index in [9.17, 15) is 4.79 Å². The number of carbonyl (C=O) groups is 1. The van der Waals surface area contributed by atoms with E-state index in [4.69, 9.17) is 10.2 Å². The molecule has 0 aliphatic carbocycles. The summed E-state index contributed by atoms with van der Waals surface area (Å²) < 4.78 is 0. The van der Waals surface area contributed by atoms with Crippen molar-refractivity contribution in [2.24, 2.45) is 0 Å². The van der Waals surface area contributed by atoms with E-state index in [1.54, 1.807) is 31.2 Å². The van der Waals surface area contributed by atoms with Crippen LogP contribution >= 0.6 is 0 Å². The number of aliphatic hydroxyl groups excluding tert-OH is 1. The Balaban J connectivity index is 2.21. The first-order chi connectivity index (χ1) is 8.08. The molecule has 0 aliphatic rings. The second-order valence-electron chi connectivity index (χ2n) is 3.91. The van der Waals surface area contributed by atoms with Gasteiger partial charge in [0.25, 0.3) is 0 Å². The van der Waals surface area contributed by atoms with E-state index in [0.29, 0.717) is 19.5 Å². The molecule has 1 unspecified atom stereocenters. The summed E-state index contributed by atoms with van der Waals surface area (Å²) in [4.78, 5) is 11.3. The van der Waals surface area contributed by atoms with Gasteiger partial charge in [-0.05, 0) is 31.0 Å². The highest BCUT2D eigenvalue weighted by molar-refractivity contribution is 5.73. The molecule has 1 aromatic rings. The predicted octanol–water partition coefficient (Wildman–Crippen LogP) is 0.962. The maximum absolute atomic E-state index is 11.3. The van der Waals surface area contributed by atoms with Crippen LogP contribution in [-0.2, 0) is 6.54 Å². The van der Waals surface area contributed by atoms with Gasteiger partial charge in [-0.2, -0.15) is 0 Å². The highest BCUT2D eigenvalue weighted by atomic mass is 16.3. The van der Waals surface area contributed by atoms with Gasteiger partial charge in [0.15, 0.2) is 0 Å². The summed E-state index contributed by atoms with van der Waals surface area (Å²) in [5.74, 6) is 0.204. The Morgan fingerprint density at radius 1 is 1.29 bits per heavy atom. The fourth-order valence-corrected chi connectivity index (χ4v) is 1.25. The summed E-state index contributed by atoms with van der Waals surface area (Å²) in [6.07, 6.45) is 0.125. The fraction of sp³-hybridized carbons (Fsp3) is 0.417. The van der Waals surface area contributed by atoms with Gasteiger partial charge in [0.05, 0.1) is 6.10 Å². The molecule has 0 fully saturated rings. The topological polar surface area (TPSA) is 81.6 Å². The largest absolute Gasteiger partial charge is 0.508 e. The SMILES string of the molecule is CC(O)CCNC(=O)NCc1ccc(O)cc1. The van der Waals surface area contributed by atoms with E-state index in [0.717, 1.165) is 5.56 Å². The number of phenolic OH excluding ortho intramolecular Hbond substituents is 1. The lowest BCUT2D eigenvalue weighted by Gasteiger charge is -2.08. The van der Waals surface area contributed by atoms with Gasteiger partial charge in [0, 0.05) is 13.1 Å². The zero-order valence-corrected chi connectivity index (χ0v) is 9.81. The molecule has 0 radical (unpaired) electrons. The third-order valence-electron chi connectivity index (χ3n) is 2.24. The molecule has 0 aliphatic heterocycles. The predicted molar refractivity (Wildman–Crippen MR) is 64.6 cm³/mol. The summed E-state index contributed by atoms with van der Waals surface area (Å²) in [5.41, 5.74) is 0.911. The van der Waals surface area contributed by atoms with Crippen molar-refractivity contribution in [3.63, 3.8) is 0 Å². The Morgan fingerprint density at radius 2 is 1.94 bits per heavy atom. The van der Waals surface area contributed by atoms with E-state index in [1.807, 2.05) is 0 Å². The van der Waals surface area contributed by atoms with Crippen LogP contribution in [-0.4, -0.2) is 28.9 Å². The molecule has 1 atom stereocenters. The summed E-state index contributed by atoms with van der Waals surface area (Å²) in [6.45, 7) is 2.52. The highest BCUT2D eigenvalue weighted by Crippen LogP contribution is 2.08. The minimum Gasteiger partial charge on any atom is -0.508 e. The number of aromatic hydroxyl groups is 1. The number of rotatable bonds is 5. The van der Waals surface area contributed by atoms with Crippen molar-refractivity contribution in [2.75, 3.05) is 6.54 Å². The standard InChI is InChI=1S/C12H18N2O3/c1-9(15)6-7-13-12(17)14-8-10-2-4-11(16)5-3-10/h2-5,9,15-16H,6-8H2,1H3,(H2,13,14,17). The number of nitrogens with one attached hydrogen (secondary N) is 2. The Kier molecular flexibility index (Phi) is 5.29. The van der Waals surface area contributed by atoms with E-state index >= 15 is 0 Å². The summed E-state index contributed by atoms with van der Waals surface area (Å²) in [6, 6.07) is 6.36. The molecule has 0 spiro atoms. The molecule has 94 valence electrons. The molecule has 0 aromatic heterocycles. The first-order valence-electron chi connectivity index (χ1n) is 5.55. The van der Waals surface area contributed by atoms with E-state index in [2.05, 4.69) is 10.6 Å². The highest BCUT2D eigenvalue weighted by Gasteiger charge is 2.01. The molecule has 1 aromatic carbocycles. The zero-order valence-electron chi connectivity index (χ0n) is 9.81. The maximum atomic E-state index is 11.3. The maximum Gasteiger partial charge on any atom is 0.315 e. The van der Waals surface area contributed by atoms with Gasteiger partial charge in [-0.25, -0.2) is 4.79 Å². The normalized spacial score (nSPS) is 11.9. The lowest BCUT2D eigenvalue weighted by atomic mass is 10.2. The van der Waals surface area contributed by atoms with Gasteiger partial charge in [-0.15, -0.1) is 0 Å². The Hall–Kier alpha value is -1.75. The molecular formula is C12H18N2O3. The summed E-state index contributed by atoms with van der Waals surface area (Å²) in [5, 5.41) is 23.4. The lowest BCUT2D eigenvalue weighted by molar-refractivity contribution is 0.183. The number of hydrogen-bond acceptors (Lipinski definition) is 3. The van der Waals surface area contributed by atoms with Crippen LogP contribution in [0.25, 0.3) is 0 Å². The average Bonchev–Trinajstić information content (AvgIpc) is 2.28. The molecule has 17 heavy (non-hydrogen) atoms. The second kappa shape index (κ2) is 6.75. The summed E-state index contributed by atoms with van der Waals surface area (Å²) >= 11 is 0. The van der Waals surface area contributed by atoms with Gasteiger partial charge >= 0.3 is 6.03 Å². The molecule has 0 heterocycles. The monoisotopic (exact) mass is 238 g/mol. The van der Waals surface area contributed by atoms with Crippen molar-refractivity contribution in [2.45, 2.75) is 26.0 Å². The number of aliphatic hydroxyl groups is 1. The van der Waals surface area contributed by atoms with Gasteiger partial charge in [-0.3, -0.25) is 0 Å². The van der Waals surface area contributed by atoms with E-state index < -0.39 is 6.10 Å². The second-order valence-corrected chi connectivity index (χ2v) is 3.91. The first-order valence-corrected chi connectivity index (χ1v) is 5.55. The first kappa shape index (κ1) is 13.3. The Morgan fingerprint density at radius 3 is 2.53 bits per heavy atom. The van der Waals surface area contributed by atoms with Crippen molar-refractivity contribution in [1.82, 2.24) is 10.6 Å². The lowest BCUT2D eigenvalue weighted by Crippen LogP contribution is -2.36. The van der Waals surface area contributed by atoms with Crippen molar-refractivity contribution in [3.05, 3.63) is 29.8 Å². The molecule has 5 nitrogen and oxygen atoms in total. The number of benzene rings is 1. The molecule has 5 heteroatoms. The van der Waals surface area contributed by atoms with Gasteiger partial charge in [0.2, 0.25) is 0 Å². The van der Waals surface area contributed by atoms with E-state index in [-0.39, 0.29) is 11.8 Å². The van der Waals surface area contributed by atoms with Crippen LogP contribution in [0.4, 0.5) is 4.79 Å². The van der Waals surface area contributed by atoms with Crippen LogP contribution in [0, 0.1) is 0 Å². The summed E-state index contributed by atoms with van der Waals surface area (Å²) in [7, 11) is 0. The number of hydrogen-bond donors (Lipinski definition) is 4. The number of urea groups is 1. The van der Waals surface area contributed by atoms with Crippen LogP contribution in [0.3, 0.4) is 0 Å². The Labute approximate surface area is 100 Å². The smallest absolute Gasteiger partial charge is 0.315 e. The molecule has 2 amide bonds. The molecule has 0 bridgehead atoms. The van der Waals surface area contributed by atoms with Crippen LogP contribution in [0.15, 0.2) is 24.3 Å². The van der Waals surface area contributed by atoms with Crippen molar-refractivity contribution < 1.29 is 15.0 Å². The third-order valence-corrected chi connectivity index (χ3v) is 2.24. The van der Waals surface area contributed by atoms with Crippen molar-refractivity contribution in [1.29, 1.82) is 0 Å².